The Morgan fingerprint density at radius 3 is 1.15 bits per heavy atom. The lowest BCUT2D eigenvalue weighted by Crippen LogP contribution is -2.30. The highest BCUT2D eigenvalue weighted by molar-refractivity contribution is 5.71. The van der Waals surface area contributed by atoms with E-state index < -0.39 is 6.10 Å². The molecule has 1 atom stereocenters. The zero-order valence-electron chi connectivity index (χ0n) is 42.6. The largest absolute Gasteiger partial charge is 0.462 e. The lowest BCUT2D eigenvalue weighted by atomic mass is 10.1. The third kappa shape index (κ3) is 52.1. The van der Waals surface area contributed by atoms with Crippen molar-refractivity contribution in [1.29, 1.82) is 0 Å². The van der Waals surface area contributed by atoms with Crippen LogP contribution in [0.15, 0.2) is 146 Å². The number of unbranched alkanes of at least 4 members (excludes halogenated alkanes) is 14. The Hall–Kier alpha value is -4.71. The van der Waals surface area contributed by atoms with Crippen LogP contribution in [0.1, 0.15) is 201 Å². The molecule has 0 N–H and O–H groups in total. The predicted molar refractivity (Wildman–Crippen MR) is 288 cm³/mol. The average Bonchev–Trinajstić information content (AvgIpc) is 3.33. The third-order valence-electron chi connectivity index (χ3n) is 10.4. The fourth-order valence-electron chi connectivity index (χ4n) is 6.53. The normalized spacial score (nSPS) is 13.3. The van der Waals surface area contributed by atoms with Gasteiger partial charge in [-0.3, -0.25) is 14.4 Å². The lowest BCUT2D eigenvalue weighted by Gasteiger charge is -2.18. The molecule has 0 aromatic heterocycles. The zero-order valence-corrected chi connectivity index (χ0v) is 42.6. The van der Waals surface area contributed by atoms with Crippen LogP contribution in [0.4, 0.5) is 0 Å². The molecule has 0 aromatic carbocycles. The summed E-state index contributed by atoms with van der Waals surface area (Å²) in [7, 11) is 0. The second kappa shape index (κ2) is 53.9. The molecule has 0 fully saturated rings. The molecule has 0 saturated heterocycles. The molecule has 0 aliphatic carbocycles. The van der Waals surface area contributed by atoms with Crippen molar-refractivity contribution in [3.05, 3.63) is 146 Å². The van der Waals surface area contributed by atoms with Gasteiger partial charge in [-0.25, -0.2) is 0 Å². The molecule has 0 amide bonds. The highest BCUT2D eigenvalue weighted by Crippen LogP contribution is 2.13. The number of ether oxygens (including phenoxy) is 3. The first-order valence-corrected chi connectivity index (χ1v) is 26.4. The molecule has 0 aliphatic rings. The van der Waals surface area contributed by atoms with E-state index in [4.69, 9.17) is 14.2 Å². The molecule has 67 heavy (non-hydrogen) atoms. The highest BCUT2D eigenvalue weighted by atomic mass is 16.6. The molecule has 0 rings (SSSR count). The predicted octanol–water partition coefficient (Wildman–Crippen LogP) is 17.6. The molecular formula is C61H94O6. The number of hydrogen-bond acceptors (Lipinski definition) is 6. The van der Waals surface area contributed by atoms with Crippen molar-refractivity contribution in [3.63, 3.8) is 0 Å². The van der Waals surface area contributed by atoms with Gasteiger partial charge in [0.05, 0.1) is 0 Å². The van der Waals surface area contributed by atoms with E-state index in [2.05, 4.69) is 112 Å². The fourth-order valence-corrected chi connectivity index (χ4v) is 6.53. The van der Waals surface area contributed by atoms with Crippen LogP contribution in [-0.2, 0) is 28.6 Å². The summed E-state index contributed by atoms with van der Waals surface area (Å²) in [5, 5.41) is 0. The number of carbonyl (C=O) groups is 3. The number of allylic oxidation sites excluding steroid dienone is 24. The molecule has 374 valence electrons. The highest BCUT2D eigenvalue weighted by Gasteiger charge is 2.19. The quantitative estimate of drug-likeness (QED) is 0.0199. The van der Waals surface area contributed by atoms with E-state index in [1.807, 2.05) is 54.7 Å². The van der Waals surface area contributed by atoms with Gasteiger partial charge in [0.15, 0.2) is 6.10 Å². The summed E-state index contributed by atoms with van der Waals surface area (Å²) >= 11 is 0. The molecule has 0 saturated carbocycles. The van der Waals surface area contributed by atoms with Crippen molar-refractivity contribution in [2.75, 3.05) is 13.2 Å². The fraction of sp³-hybridized carbons (Fsp3) is 0.557. The zero-order chi connectivity index (χ0) is 48.6. The summed E-state index contributed by atoms with van der Waals surface area (Å²) in [6.07, 6.45) is 76.9. The summed E-state index contributed by atoms with van der Waals surface area (Å²) in [5.74, 6) is -1.05. The van der Waals surface area contributed by atoms with E-state index in [1.165, 1.54) is 44.9 Å². The summed E-state index contributed by atoms with van der Waals surface area (Å²) in [5.41, 5.74) is 0. The molecule has 1 unspecified atom stereocenters. The van der Waals surface area contributed by atoms with E-state index in [-0.39, 0.29) is 44.0 Å². The molecule has 0 spiro atoms. The van der Waals surface area contributed by atoms with Crippen LogP contribution >= 0.6 is 0 Å². The lowest BCUT2D eigenvalue weighted by molar-refractivity contribution is -0.167. The van der Waals surface area contributed by atoms with Crippen molar-refractivity contribution < 1.29 is 28.6 Å². The molecule has 6 heteroatoms. The first kappa shape index (κ1) is 62.3. The Labute approximate surface area is 410 Å². The number of hydrogen-bond donors (Lipinski definition) is 0. The first-order chi connectivity index (χ1) is 33.0. The number of esters is 3. The summed E-state index contributed by atoms with van der Waals surface area (Å²) < 4.78 is 16.7. The van der Waals surface area contributed by atoms with Crippen LogP contribution in [-0.4, -0.2) is 37.2 Å². The van der Waals surface area contributed by atoms with Gasteiger partial charge >= 0.3 is 17.9 Å². The van der Waals surface area contributed by atoms with Gasteiger partial charge in [0.1, 0.15) is 13.2 Å². The van der Waals surface area contributed by atoms with Crippen LogP contribution in [0.25, 0.3) is 0 Å². The maximum Gasteiger partial charge on any atom is 0.306 e. The summed E-state index contributed by atoms with van der Waals surface area (Å²) in [6.45, 7) is 6.23. The number of carbonyl (C=O) groups excluding carboxylic acids is 3. The molecule has 6 nitrogen and oxygen atoms in total. The Morgan fingerprint density at radius 1 is 0.328 bits per heavy atom. The van der Waals surface area contributed by atoms with Crippen LogP contribution in [0.2, 0.25) is 0 Å². The Bertz CT molecular complexity index is 1530. The van der Waals surface area contributed by atoms with Gasteiger partial charge in [0, 0.05) is 19.3 Å². The molecule has 0 heterocycles. The second-order valence-electron chi connectivity index (χ2n) is 16.8. The number of rotatable bonds is 45. The van der Waals surface area contributed by atoms with Crippen molar-refractivity contribution in [1.82, 2.24) is 0 Å². The molecular weight excluding hydrogens is 829 g/mol. The maximum absolute atomic E-state index is 12.8. The average molecular weight is 923 g/mol. The van der Waals surface area contributed by atoms with Gasteiger partial charge in [-0.05, 0) is 109 Å². The van der Waals surface area contributed by atoms with Crippen molar-refractivity contribution >= 4 is 17.9 Å². The van der Waals surface area contributed by atoms with Crippen molar-refractivity contribution in [2.45, 2.75) is 207 Å². The minimum Gasteiger partial charge on any atom is -0.462 e. The van der Waals surface area contributed by atoms with Gasteiger partial charge in [0.25, 0.3) is 0 Å². The SMILES string of the molecule is CC/C=C/C=C/C=C/C=C/C=C/CCCC(=O)OCC(COC(=O)CCCCC/C=C/C/C=C/C/C=C/C/C=C/C/C=C/CC)OC(=O)CCCCCCCCC/C=C/C/C=C/CCCCC. The summed E-state index contributed by atoms with van der Waals surface area (Å²) in [6, 6.07) is 0. The van der Waals surface area contributed by atoms with Crippen molar-refractivity contribution in [2.24, 2.45) is 0 Å². The van der Waals surface area contributed by atoms with Gasteiger partial charge in [-0.2, -0.15) is 0 Å². The molecule has 0 aromatic rings. The Balaban J connectivity index is 4.57. The standard InChI is InChI=1S/C61H94O6/c1-4-7-10-13-16-19-22-25-27-29-30-32-33-36-39-42-45-48-51-54-60(63)66-57-58(56-65-59(62)53-50-47-44-41-38-35-24-21-18-15-12-9-6-3)67-61(64)55-52-49-46-43-40-37-34-31-28-26-23-20-17-14-11-8-5-2/h7,9-10,12,15-21,24-28,30,32,35-36,38-39,41,44,58H,4-6,8,11,13-14,22-23,29,31,33-34,37,40,42-43,45-57H2,1-3H3/b10-7+,12-9+,18-15+,19-16+,20-17+,24-21+,27-25+,28-26+,32-30+,38-35+,39-36+,44-41+. The Kier molecular flexibility index (Phi) is 50.1. The monoisotopic (exact) mass is 923 g/mol. The van der Waals surface area contributed by atoms with Crippen molar-refractivity contribution in [3.8, 4) is 0 Å². The van der Waals surface area contributed by atoms with Gasteiger partial charge < -0.3 is 14.2 Å². The smallest absolute Gasteiger partial charge is 0.306 e. The van der Waals surface area contributed by atoms with Gasteiger partial charge in [-0.15, -0.1) is 0 Å². The molecule has 0 bridgehead atoms. The second-order valence-corrected chi connectivity index (χ2v) is 16.8. The Morgan fingerprint density at radius 2 is 0.672 bits per heavy atom. The van der Waals surface area contributed by atoms with Crippen LogP contribution in [0.5, 0.6) is 0 Å². The minimum absolute atomic E-state index is 0.127. The van der Waals surface area contributed by atoms with E-state index in [0.717, 1.165) is 109 Å². The first-order valence-electron chi connectivity index (χ1n) is 26.4. The van der Waals surface area contributed by atoms with E-state index in [1.54, 1.807) is 0 Å². The molecule has 0 radical (unpaired) electrons. The van der Waals surface area contributed by atoms with E-state index in [9.17, 15) is 14.4 Å². The maximum atomic E-state index is 12.8. The van der Waals surface area contributed by atoms with Gasteiger partial charge in [0.2, 0.25) is 0 Å². The van der Waals surface area contributed by atoms with E-state index >= 15 is 0 Å². The minimum atomic E-state index is -0.831. The van der Waals surface area contributed by atoms with E-state index in [0.29, 0.717) is 12.8 Å². The third-order valence-corrected chi connectivity index (χ3v) is 10.4. The van der Waals surface area contributed by atoms with Gasteiger partial charge in [-0.1, -0.05) is 218 Å². The van der Waals surface area contributed by atoms with Crippen LogP contribution < -0.4 is 0 Å². The summed E-state index contributed by atoms with van der Waals surface area (Å²) in [4.78, 5) is 38.0. The molecule has 0 aliphatic heterocycles. The topological polar surface area (TPSA) is 78.9 Å². The van der Waals surface area contributed by atoms with Crippen LogP contribution in [0.3, 0.4) is 0 Å². The van der Waals surface area contributed by atoms with Crippen LogP contribution in [0, 0.1) is 0 Å².